The molecule has 1 heterocycles. The quantitative estimate of drug-likeness (QED) is 0.366. The average Bonchev–Trinajstić information content (AvgIpc) is 3.14. The number of hydrogen-bond donors (Lipinski definition) is 0. The number of carbonyl (C=O) groups is 3. The van der Waals surface area contributed by atoms with Crippen LogP contribution in [-0.2, 0) is 9.53 Å². The average molecular weight is 362 g/mol. The molecule has 6 heteroatoms. The summed E-state index contributed by atoms with van der Waals surface area (Å²) in [6.45, 7) is 1.87. The maximum absolute atomic E-state index is 12.7. The van der Waals surface area contributed by atoms with Crippen LogP contribution in [0, 0.1) is 0 Å². The lowest BCUT2D eigenvalue weighted by molar-refractivity contribution is -0.141. The molecular formula is C21H18N2O4. The van der Waals surface area contributed by atoms with E-state index < -0.39 is 18.2 Å². The van der Waals surface area contributed by atoms with Crippen molar-refractivity contribution in [3.8, 4) is 5.69 Å². The Morgan fingerprint density at radius 3 is 2.22 bits per heavy atom. The standard InChI is InChI=1S/C21H18N2O4/c1-2-27-20(25)14-19(24)18-13-17(21(26)15-9-5-3-6-10-15)22-23(18)16-11-7-4-8-12-16/h3-13H,2,14H2,1H3. The molecule has 0 N–H and O–H groups in total. The zero-order chi connectivity index (χ0) is 19.2. The maximum atomic E-state index is 12.7. The van der Waals surface area contributed by atoms with Crippen LogP contribution in [0.2, 0.25) is 0 Å². The summed E-state index contributed by atoms with van der Waals surface area (Å²) in [6.07, 6.45) is -0.411. The normalized spacial score (nSPS) is 10.4. The van der Waals surface area contributed by atoms with Gasteiger partial charge in [-0.05, 0) is 25.1 Å². The van der Waals surface area contributed by atoms with Gasteiger partial charge in [-0.15, -0.1) is 0 Å². The second kappa shape index (κ2) is 8.23. The first-order valence-electron chi connectivity index (χ1n) is 8.54. The molecule has 6 nitrogen and oxygen atoms in total. The third-order valence-corrected chi connectivity index (χ3v) is 3.87. The molecule has 2 aromatic carbocycles. The Kier molecular flexibility index (Phi) is 5.56. The van der Waals surface area contributed by atoms with Gasteiger partial charge in [-0.1, -0.05) is 48.5 Å². The van der Waals surface area contributed by atoms with E-state index in [0.29, 0.717) is 11.3 Å². The SMILES string of the molecule is CCOC(=O)CC(=O)c1cc(C(=O)c2ccccc2)nn1-c1ccccc1. The molecule has 0 saturated carbocycles. The van der Waals surface area contributed by atoms with Gasteiger partial charge >= 0.3 is 5.97 Å². The van der Waals surface area contributed by atoms with Gasteiger partial charge < -0.3 is 4.74 Å². The van der Waals surface area contributed by atoms with Crippen LogP contribution in [0.4, 0.5) is 0 Å². The van der Waals surface area contributed by atoms with Gasteiger partial charge in [0.05, 0.1) is 12.3 Å². The van der Waals surface area contributed by atoms with Crippen molar-refractivity contribution in [2.75, 3.05) is 6.61 Å². The number of carbonyl (C=O) groups excluding carboxylic acids is 3. The van der Waals surface area contributed by atoms with E-state index in [-0.39, 0.29) is 23.8 Å². The van der Waals surface area contributed by atoms with Crippen molar-refractivity contribution >= 4 is 17.5 Å². The van der Waals surface area contributed by atoms with E-state index in [2.05, 4.69) is 5.10 Å². The summed E-state index contributed by atoms with van der Waals surface area (Å²) in [5.74, 6) is -1.37. The number of Topliss-reactive ketones (excluding diaryl/α,β-unsaturated/α-hetero) is 1. The molecule has 0 spiro atoms. The lowest BCUT2D eigenvalue weighted by Gasteiger charge is -2.06. The molecule has 3 aromatic rings. The molecule has 27 heavy (non-hydrogen) atoms. The number of ketones is 2. The van der Waals surface area contributed by atoms with Crippen molar-refractivity contribution in [1.82, 2.24) is 9.78 Å². The first kappa shape index (κ1) is 18.3. The van der Waals surface area contributed by atoms with Crippen LogP contribution in [0.1, 0.15) is 39.9 Å². The molecule has 0 radical (unpaired) electrons. The summed E-state index contributed by atoms with van der Waals surface area (Å²) in [4.78, 5) is 37.0. The Morgan fingerprint density at radius 1 is 0.963 bits per heavy atom. The highest BCUT2D eigenvalue weighted by Crippen LogP contribution is 2.17. The zero-order valence-electron chi connectivity index (χ0n) is 14.8. The molecule has 0 aliphatic heterocycles. The Balaban J connectivity index is 2.00. The minimum atomic E-state index is -0.612. The van der Waals surface area contributed by atoms with Gasteiger partial charge in [0.1, 0.15) is 17.8 Å². The number of esters is 1. The first-order valence-corrected chi connectivity index (χ1v) is 8.54. The fourth-order valence-corrected chi connectivity index (χ4v) is 2.63. The summed E-state index contributed by atoms with van der Waals surface area (Å²) >= 11 is 0. The highest BCUT2D eigenvalue weighted by atomic mass is 16.5. The van der Waals surface area contributed by atoms with Gasteiger partial charge in [-0.2, -0.15) is 5.10 Å². The lowest BCUT2D eigenvalue weighted by atomic mass is 10.1. The summed E-state index contributed by atoms with van der Waals surface area (Å²) in [5.41, 5.74) is 1.39. The van der Waals surface area contributed by atoms with E-state index in [4.69, 9.17) is 4.74 Å². The van der Waals surface area contributed by atoms with Gasteiger partial charge in [-0.3, -0.25) is 14.4 Å². The van der Waals surface area contributed by atoms with E-state index in [0.717, 1.165) is 0 Å². The Morgan fingerprint density at radius 2 is 1.59 bits per heavy atom. The fourth-order valence-electron chi connectivity index (χ4n) is 2.63. The Labute approximate surface area is 156 Å². The van der Waals surface area contributed by atoms with Crippen molar-refractivity contribution in [2.24, 2.45) is 0 Å². The van der Waals surface area contributed by atoms with Gasteiger partial charge in [0.2, 0.25) is 5.78 Å². The van der Waals surface area contributed by atoms with Crippen LogP contribution in [-0.4, -0.2) is 33.9 Å². The van der Waals surface area contributed by atoms with Gasteiger partial charge in [0.25, 0.3) is 0 Å². The van der Waals surface area contributed by atoms with Crippen molar-refractivity contribution in [3.63, 3.8) is 0 Å². The molecule has 136 valence electrons. The van der Waals surface area contributed by atoms with Gasteiger partial charge in [0.15, 0.2) is 5.78 Å². The van der Waals surface area contributed by atoms with Crippen molar-refractivity contribution in [2.45, 2.75) is 13.3 Å². The second-order valence-corrected chi connectivity index (χ2v) is 5.76. The van der Waals surface area contributed by atoms with Crippen LogP contribution in [0.3, 0.4) is 0 Å². The molecule has 1 aromatic heterocycles. The fraction of sp³-hybridized carbons (Fsp3) is 0.143. The number of para-hydroxylation sites is 1. The predicted octanol–water partition coefficient (Wildman–Crippen LogP) is 3.24. The molecule has 0 fully saturated rings. The van der Waals surface area contributed by atoms with Crippen LogP contribution in [0.25, 0.3) is 5.69 Å². The number of aromatic nitrogens is 2. The van der Waals surface area contributed by atoms with Crippen LogP contribution in [0.5, 0.6) is 0 Å². The number of benzene rings is 2. The zero-order valence-corrected chi connectivity index (χ0v) is 14.8. The number of rotatable bonds is 7. The third-order valence-electron chi connectivity index (χ3n) is 3.87. The Hall–Kier alpha value is -3.54. The largest absolute Gasteiger partial charge is 0.466 e. The minimum absolute atomic E-state index is 0.136. The molecule has 0 amide bonds. The summed E-state index contributed by atoms with van der Waals surface area (Å²) in [5, 5.41) is 4.33. The number of ether oxygens (including phenoxy) is 1. The maximum Gasteiger partial charge on any atom is 0.313 e. The molecular weight excluding hydrogens is 344 g/mol. The smallest absolute Gasteiger partial charge is 0.313 e. The second-order valence-electron chi connectivity index (χ2n) is 5.76. The highest BCUT2D eigenvalue weighted by Gasteiger charge is 2.23. The molecule has 3 rings (SSSR count). The van der Waals surface area contributed by atoms with Crippen molar-refractivity contribution < 1.29 is 19.1 Å². The van der Waals surface area contributed by atoms with E-state index in [1.165, 1.54) is 10.7 Å². The Bertz CT molecular complexity index is 962. The van der Waals surface area contributed by atoms with Gasteiger partial charge in [-0.25, -0.2) is 4.68 Å². The van der Waals surface area contributed by atoms with E-state index in [1.807, 2.05) is 12.1 Å². The summed E-state index contributed by atoms with van der Waals surface area (Å²) in [7, 11) is 0. The van der Waals surface area contributed by atoms with Crippen molar-refractivity contribution in [3.05, 3.63) is 83.7 Å². The summed E-state index contributed by atoms with van der Waals surface area (Å²) < 4.78 is 6.23. The molecule has 0 bridgehead atoms. The molecule has 0 aliphatic rings. The third kappa shape index (κ3) is 4.17. The topological polar surface area (TPSA) is 78.3 Å². The molecule has 0 unspecified atom stereocenters. The highest BCUT2D eigenvalue weighted by molar-refractivity contribution is 6.10. The molecule has 0 saturated heterocycles. The van der Waals surface area contributed by atoms with Crippen LogP contribution in [0.15, 0.2) is 66.7 Å². The van der Waals surface area contributed by atoms with Crippen LogP contribution >= 0.6 is 0 Å². The number of nitrogens with zero attached hydrogens (tertiary/aromatic N) is 2. The van der Waals surface area contributed by atoms with E-state index in [9.17, 15) is 14.4 Å². The monoisotopic (exact) mass is 362 g/mol. The molecule has 0 atom stereocenters. The summed E-state index contributed by atoms with van der Waals surface area (Å²) in [6, 6.07) is 19.1. The number of hydrogen-bond acceptors (Lipinski definition) is 5. The first-order chi connectivity index (χ1) is 13.1. The lowest BCUT2D eigenvalue weighted by Crippen LogP contribution is -2.15. The minimum Gasteiger partial charge on any atom is -0.466 e. The van der Waals surface area contributed by atoms with E-state index >= 15 is 0 Å². The van der Waals surface area contributed by atoms with Crippen molar-refractivity contribution in [1.29, 1.82) is 0 Å². The van der Waals surface area contributed by atoms with E-state index in [1.54, 1.807) is 55.5 Å². The molecule has 0 aliphatic carbocycles. The van der Waals surface area contributed by atoms with Crippen LogP contribution < -0.4 is 0 Å². The predicted molar refractivity (Wildman–Crippen MR) is 99.0 cm³/mol. The van der Waals surface area contributed by atoms with Gasteiger partial charge in [0, 0.05) is 5.56 Å².